The summed E-state index contributed by atoms with van der Waals surface area (Å²) in [6.07, 6.45) is 2.97. The van der Waals surface area contributed by atoms with Crippen LogP contribution in [0, 0.1) is 5.82 Å². The van der Waals surface area contributed by atoms with Crippen LogP contribution in [0.2, 0.25) is 5.02 Å². The number of nitrogens with zero attached hydrogens (tertiary/aromatic N) is 2. The molecule has 4 rings (SSSR count). The summed E-state index contributed by atoms with van der Waals surface area (Å²) in [5.41, 5.74) is 0.413. The van der Waals surface area contributed by atoms with Gasteiger partial charge in [-0.05, 0) is 31.2 Å². The third kappa shape index (κ3) is 4.44. The van der Waals surface area contributed by atoms with E-state index >= 15 is 0 Å². The second kappa shape index (κ2) is 8.61. The lowest BCUT2D eigenvalue weighted by Crippen LogP contribution is -2.15. The lowest BCUT2D eigenvalue weighted by Gasteiger charge is -2.08. The minimum absolute atomic E-state index is 0.0967. The maximum absolute atomic E-state index is 14.0. The Balaban J connectivity index is 1.58. The minimum Gasteiger partial charge on any atom is -0.494 e. The number of amides is 1. The highest BCUT2D eigenvalue weighted by molar-refractivity contribution is 6.31. The molecule has 0 radical (unpaired) electrons. The lowest BCUT2D eigenvalue weighted by molar-refractivity contribution is 0.102. The molecule has 0 aliphatic rings. The van der Waals surface area contributed by atoms with Crippen LogP contribution in [0.5, 0.6) is 5.75 Å². The molecule has 0 fully saturated rings. The highest BCUT2D eigenvalue weighted by Gasteiger charge is 2.16. The summed E-state index contributed by atoms with van der Waals surface area (Å²) in [6, 6.07) is 10.5. The molecule has 0 unspecified atom stereocenters. The summed E-state index contributed by atoms with van der Waals surface area (Å²) < 4.78 is 26.1. The van der Waals surface area contributed by atoms with Crippen LogP contribution in [0.3, 0.4) is 0 Å². The fourth-order valence-corrected chi connectivity index (χ4v) is 3.37. The van der Waals surface area contributed by atoms with E-state index < -0.39 is 17.3 Å². The quantitative estimate of drug-likeness (QED) is 0.446. The molecule has 31 heavy (non-hydrogen) atoms. The normalized spacial score (nSPS) is 10.9. The van der Waals surface area contributed by atoms with Gasteiger partial charge in [0.2, 0.25) is 0 Å². The zero-order chi connectivity index (χ0) is 22.0. The molecular weight excluding hydrogens is 425 g/mol. The maximum Gasteiger partial charge on any atom is 0.337 e. The summed E-state index contributed by atoms with van der Waals surface area (Å²) in [4.78, 5) is 24.8. The van der Waals surface area contributed by atoms with Gasteiger partial charge in [0.15, 0.2) is 0 Å². The molecular formula is C22H17ClFN3O4. The molecule has 9 heteroatoms. The first-order chi connectivity index (χ1) is 14.9. The number of carbonyl (C=O) groups is 1. The SMILES string of the molecule is CCOc1ccc2c(C(=O)Nc3cnn(Cc4c(F)cccc4Cl)c3)cc(=O)oc2c1. The molecule has 2 aromatic heterocycles. The molecule has 0 saturated heterocycles. The van der Waals surface area contributed by atoms with E-state index in [2.05, 4.69) is 10.4 Å². The standard InChI is InChI=1S/C22H17ClFN3O4/c1-2-30-14-6-7-15-16(9-21(28)31-20(15)8-14)22(29)26-13-10-25-27(11-13)12-17-18(23)4-3-5-19(17)24/h3-11H,2,12H2,1H3,(H,26,29). The van der Waals surface area contributed by atoms with Crippen LogP contribution < -0.4 is 15.7 Å². The van der Waals surface area contributed by atoms with Gasteiger partial charge in [-0.15, -0.1) is 0 Å². The fraction of sp³-hybridized carbons (Fsp3) is 0.136. The monoisotopic (exact) mass is 441 g/mol. The van der Waals surface area contributed by atoms with Crippen LogP contribution in [0.1, 0.15) is 22.8 Å². The van der Waals surface area contributed by atoms with Gasteiger partial charge in [0.25, 0.3) is 5.91 Å². The highest BCUT2D eigenvalue weighted by atomic mass is 35.5. The molecule has 158 valence electrons. The van der Waals surface area contributed by atoms with Crippen molar-refractivity contribution in [3.63, 3.8) is 0 Å². The van der Waals surface area contributed by atoms with Gasteiger partial charge >= 0.3 is 5.63 Å². The highest BCUT2D eigenvalue weighted by Crippen LogP contribution is 2.24. The molecule has 0 aliphatic heterocycles. The Kier molecular flexibility index (Phi) is 5.73. The van der Waals surface area contributed by atoms with Gasteiger partial charge in [0.05, 0.1) is 30.6 Å². The average molecular weight is 442 g/mol. The van der Waals surface area contributed by atoms with E-state index in [0.29, 0.717) is 29.0 Å². The van der Waals surface area contributed by atoms with Crippen LogP contribution in [-0.2, 0) is 6.54 Å². The number of carbonyl (C=O) groups excluding carboxylic acids is 1. The number of ether oxygens (including phenoxy) is 1. The number of rotatable bonds is 6. The van der Waals surface area contributed by atoms with Gasteiger partial charge in [-0.25, -0.2) is 9.18 Å². The summed E-state index contributed by atoms with van der Waals surface area (Å²) in [5.74, 6) is -0.420. The number of aromatic nitrogens is 2. The molecule has 7 nitrogen and oxygen atoms in total. The molecule has 1 amide bonds. The van der Waals surface area contributed by atoms with Crippen LogP contribution in [-0.4, -0.2) is 22.3 Å². The first-order valence-corrected chi connectivity index (χ1v) is 9.80. The van der Waals surface area contributed by atoms with Crippen molar-refractivity contribution in [1.82, 2.24) is 9.78 Å². The van der Waals surface area contributed by atoms with Crippen molar-refractivity contribution >= 4 is 34.2 Å². The predicted octanol–water partition coefficient (Wildman–Crippen LogP) is 4.48. The first kappa shape index (κ1) is 20.6. The van der Waals surface area contributed by atoms with Crippen molar-refractivity contribution in [3.05, 3.63) is 87.2 Å². The molecule has 0 spiro atoms. The van der Waals surface area contributed by atoms with Crippen molar-refractivity contribution in [1.29, 1.82) is 0 Å². The van der Waals surface area contributed by atoms with Crippen molar-refractivity contribution in [2.24, 2.45) is 0 Å². The van der Waals surface area contributed by atoms with Crippen LogP contribution >= 0.6 is 11.6 Å². The van der Waals surface area contributed by atoms with Crippen molar-refractivity contribution in [3.8, 4) is 5.75 Å². The molecule has 0 atom stereocenters. The van der Waals surface area contributed by atoms with Gasteiger partial charge < -0.3 is 14.5 Å². The van der Waals surface area contributed by atoms with Gasteiger partial charge in [0, 0.05) is 34.3 Å². The number of hydrogen-bond acceptors (Lipinski definition) is 5. The summed E-state index contributed by atoms with van der Waals surface area (Å²) in [6.45, 7) is 2.39. The summed E-state index contributed by atoms with van der Waals surface area (Å²) in [5, 5.41) is 7.58. The maximum atomic E-state index is 14.0. The van der Waals surface area contributed by atoms with Gasteiger partial charge in [-0.3, -0.25) is 9.48 Å². The van der Waals surface area contributed by atoms with Gasteiger partial charge in [0.1, 0.15) is 17.1 Å². The molecule has 2 heterocycles. The molecule has 4 aromatic rings. The first-order valence-electron chi connectivity index (χ1n) is 9.42. The van der Waals surface area contributed by atoms with Crippen molar-refractivity contribution in [2.45, 2.75) is 13.5 Å². The van der Waals surface area contributed by atoms with E-state index in [4.69, 9.17) is 20.8 Å². The number of hydrogen-bond donors (Lipinski definition) is 1. The second-order valence-electron chi connectivity index (χ2n) is 6.65. The Morgan fingerprint density at radius 1 is 1.29 bits per heavy atom. The number of anilines is 1. The number of nitrogens with one attached hydrogen (secondary N) is 1. The lowest BCUT2D eigenvalue weighted by atomic mass is 10.1. The third-order valence-corrected chi connectivity index (χ3v) is 4.90. The number of benzene rings is 2. The van der Waals surface area contributed by atoms with Gasteiger partial charge in [-0.1, -0.05) is 17.7 Å². The average Bonchev–Trinajstić information content (AvgIpc) is 3.17. The Labute approximate surface area is 181 Å². The summed E-state index contributed by atoms with van der Waals surface area (Å²) >= 11 is 6.05. The Hall–Kier alpha value is -3.65. The Bertz CT molecular complexity index is 1310. The zero-order valence-electron chi connectivity index (χ0n) is 16.4. The molecule has 0 aliphatic carbocycles. The van der Waals surface area contributed by atoms with E-state index in [0.717, 1.165) is 6.07 Å². The van der Waals surface area contributed by atoms with Crippen LogP contribution in [0.4, 0.5) is 10.1 Å². The predicted molar refractivity (Wildman–Crippen MR) is 114 cm³/mol. The smallest absolute Gasteiger partial charge is 0.337 e. The van der Waals surface area contributed by atoms with E-state index in [1.807, 2.05) is 6.92 Å². The van der Waals surface area contributed by atoms with E-state index in [1.165, 1.54) is 23.0 Å². The second-order valence-corrected chi connectivity index (χ2v) is 7.06. The van der Waals surface area contributed by atoms with Crippen LogP contribution in [0.25, 0.3) is 11.0 Å². The Morgan fingerprint density at radius 2 is 2.13 bits per heavy atom. The number of halogens is 2. The summed E-state index contributed by atoms with van der Waals surface area (Å²) in [7, 11) is 0. The third-order valence-electron chi connectivity index (χ3n) is 4.54. The molecule has 0 saturated carbocycles. The van der Waals surface area contributed by atoms with E-state index in [1.54, 1.807) is 30.5 Å². The van der Waals surface area contributed by atoms with Crippen molar-refractivity contribution in [2.75, 3.05) is 11.9 Å². The molecule has 2 aromatic carbocycles. The zero-order valence-corrected chi connectivity index (χ0v) is 17.1. The van der Waals surface area contributed by atoms with E-state index in [-0.39, 0.29) is 22.7 Å². The largest absolute Gasteiger partial charge is 0.494 e. The van der Waals surface area contributed by atoms with Crippen LogP contribution in [0.15, 0.2) is 64.1 Å². The molecule has 0 bridgehead atoms. The number of fused-ring (bicyclic) bond motifs is 1. The topological polar surface area (TPSA) is 86.4 Å². The molecule has 1 N–H and O–H groups in total. The Morgan fingerprint density at radius 3 is 2.90 bits per heavy atom. The van der Waals surface area contributed by atoms with Crippen molar-refractivity contribution < 1.29 is 18.3 Å². The van der Waals surface area contributed by atoms with Gasteiger partial charge in [-0.2, -0.15) is 5.10 Å². The van der Waals surface area contributed by atoms with E-state index in [9.17, 15) is 14.0 Å². The fourth-order valence-electron chi connectivity index (χ4n) is 3.15. The minimum atomic E-state index is -0.656.